The number of hydrogen-bond acceptors (Lipinski definition) is 4. The Labute approximate surface area is 125 Å². The van der Waals surface area contributed by atoms with Gasteiger partial charge in [0, 0.05) is 17.5 Å². The second-order valence-electron chi connectivity index (χ2n) is 4.77. The van der Waals surface area contributed by atoms with E-state index in [4.69, 9.17) is 0 Å². The number of rotatable bonds is 6. The van der Waals surface area contributed by atoms with E-state index in [1.165, 1.54) is 5.56 Å². The Morgan fingerprint density at radius 1 is 1.35 bits per heavy atom. The Hall–Kier alpha value is -1.01. The van der Waals surface area contributed by atoms with Crippen LogP contribution >= 0.6 is 11.8 Å². The molecule has 1 saturated heterocycles. The average molecular weight is 312 g/mol. The number of nitrogens with one attached hydrogen (secondary N) is 1. The van der Waals surface area contributed by atoms with Gasteiger partial charge in [0.05, 0.1) is 12.3 Å². The molecule has 0 saturated carbocycles. The summed E-state index contributed by atoms with van der Waals surface area (Å²) in [5.74, 6) is 1.31. The first-order chi connectivity index (χ1) is 9.59. The highest BCUT2D eigenvalue weighted by atomic mass is 32.2. The Morgan fingerprint density at radius 3 is 2.80 bits per heavy atom. The average Bonchev–Trinajstić information content (AvgIpc) is 2.87. The minimum Gasteiger partial charge on any atom is -0.361 e. The molecule has 20 heavy (non-hydrogen) atoms. The summed E-state index contributed by atoms with van der Waals surface area (Å²) in [5.41, 5.74) is 1.31. The van der Waals surface area contributed by atoms with Gasteiger partial charge in [-0.15, -0.1) is 0 Å². The minimum absolute atomic E-state index is 0.137. The fourth-order valence-corrected chi connectivity index (χ4v) is 3.62. The summed E-state index contributed by atoms with van der Waals surface area (Å²) in [6.45, 7) is 2.02. The fraction of sp³-hybridized carbons (Fsp3) is 0.500. The zero-order valence-electron chi connectivity index (χ0n) is 11.6. The van der Waals surface area contributed by atoms with Crippen LogP contribution in [-0.4, -0.2) is 43.4 Å². The quantitative estimate of drug-likeness (QED) is 0.869. The standard InChI is InChI=1S/C14H20N2O2S2/c1-2-20(17,18)9-8-15-14-16-13(11-19-14)10-12-6-4-3-5-7-12/h3-7,13H,2,8-11H2,1H3,(H,15,16). The summed E-state index contributed by atoms with van der Waals surface area (Å²) < 4.78 is 22.8. The molecule has 1 aromatic carbocycles. The van der Waals surface area contributed by atoms with Crippen LogP contribution in [0.15, 0.2) is 35.3 Å². The first-order valence-electron chi connectivity index (χ1n) is 6.77. The molecular weight excluding hydrogens is 292 g/mol. The van der Waals surface area contributed by atoms with E-state index in [2.05, 4.69) is 22.4 Å². The second-order valence-corrected chi connectivity index (χ2v) is 8.25. The molecule has 1 heterocycles. The third-order valence-electron chi connectivity index (χ3n) is 3.17. The molecule has 4 nitrogen and oxygen atoms in total. The number of sulfone groups is 1. The van der Waals surface area contributed by atoms with Crippen molar-refractivity contribution in [2.24, 2.45) is 4.99 Å². The van der Waals surface area contributed by atoms with Crippen molar-refractivity contribution in [2.45, 2.75) is 19.4 Å². The Balaban J connectivity index is 1.80. The van der Waals surface area contributed by atoms with Crippen LogP contribution in [-0.2, 0) is 16.3 Å². The van der Waals surface area contributed by atoms with Crippen molar-refractivity contribution in [1.29, 1.82) is 0 Å². The first kappa shape index (κ1) is 15.4. The lowest BCUT2D eigenvalue weighted by Crippen LogP contribution is -2.29. The van der Waals surface area contributed by atoms with Crippen LogP contribution in [0.4, 0.5) is 0 Å². The number of amidine groups is 1. The van der Waals surface area contributed by atoms with E-state index in [-0.39, 0.29) is 11.5 Å². The van der Waals surface area contributed by atoms with Crippen LogP contribution in [0.25, 0.3) is 0 Å². The van der Waals surface area contributed by atoms with E-state index in [9.17, 15) is 8.42 Å². The summed E-state index contributed by atoms with van der Waals surface area (Å²) in [7, 11) is -2.92. The van der Waals surface area contributed by atoms with Gasteiger partial charge in [0.15, 0.2) is 15.0 Å². The summed E-state index contributed by atoms with van der Waals surface area (Å²) in [4.78, 5) is 4.34. The van der Waals surface area contributed by atoms with Gasteiger partial charge in [-0.2, -0.15) is 0 Å². The predicted octanol–water partition coefficient (Wildman–Crippen LogP) is 1.72. The molecule has 0 aromatic heterocycles. The Bertz CT molecular complexity index is 556. The SMILES string of the molecule is CCS(=O)(=O)CCN=C1NC(Cc2ccccc2)CS1. The van der Waals surface area contributed by atoms with Gasteiger partial charge in [0.25, 0.3) is 0 Å². The molecule has 0 bridgehead atoms. The Kier molecular flexibility index (Phi) is 5.48. The molecule has 0 radical (unpaired) electrons. The van der Waals surface area contributed by atoms with Crippen molar-refractivity contribution in [1.82, 2.24) is 5.32 Å². The lowest BCUT2D eigenvalue weighted by atomic mass is 10.1. The number of thioether (sulfide) groups is 1. The smallest absolute Gasteiger partial charge is 0.156 e. The van der Waals surface area contributed by atoms with E-state index in [0.29, 0.717) is 12.6 Å². The maximum atomic E-state index is 11.4. The van der Waals surface area contributed by atoms with Crippen molar-refractivity contribution in [3.63, 3.8) is 0 Å². The zero-order valence-corrected chi connectivity index (χ0v) is 13.2. The van der Waals surface area contributed by atoms with Gasteiger partial charge in [-0.05, 0) is 12.0 Å². The van der Waals surface area contributed by atoms with Gasteiger partial charge in [0.2, 0.25) is 0 Å². The molecule has 1 aliphatic heterocycles. The lowest BCUT2D eigenvalue weighted by molar-refractivity contribution is 0.597. The van der Waals surface area contributed by atoms with E-state index >= 15 is 0 Å². The van der Waals surface area contributed by atoms with Crippen molar-refractivity contribution in [2.75, 3.05) is 23.8 Å². The lowest BCUT2D eigenvalue weighted by Gasteiger charge is -2.09. The molecule has 1 unspecified atom stereocenters. The maximum Gasteiger partial charge on any atom is 0.156 e. The van der Waals surface area contributed by atoms with E-state index in [1.807, 2.05) is 18.2 Å². The van der Waals surface area contributed by atoms with Gasteiger partial charge in [-0.1, -0.05) is 49.0 Å². The number of hydrogen-bond donors (Lipinski definition) is 1. The fourth-order valence-electron chi connectivity index (χ4n) is 1.97. The first-order valence-corrected chi connectivity index (χ1v) is 9.58. The molecule has 110 valence electrons. The molecule has 1 atom stereocenters. The maximum absolute atomic E-state index is 11.4. The molecule has 1 N–H and O–H groups in total. The highest BCUT2D eigenvalue weighted by Gasteiger charge is 2.20. The zero-order chi connectivity index (χ0) is 14.4. The van der Waals surface area contributed by atoms with Crippen molar-refractivity contribution >= 4 is 26.8 Å². The van der Waals surface area contributed by atoms with E-state index in [1.54, 1.807) is 18.7 Å². The number of benzene rings is 1. The van der Waals surface area contributed by atoms with Crippen LogP contribution in [0.1, 0.15) is 12.5 Å². The largest absolute Gasteiger partial charge is 0.361 e. The van der Waals surface area contributed by atoms with Crippen LogP contribution in [0, 0.1) is 0 Å². The van der Waals surface area contributed by atoms with Gasteiger partial charge in [0.1, 0.15) is 0 Å². The third kappa shape index (κ3) is 4.83. The number of nitrogens with zero attached hydrogens (tertiary/aromatic N) is 1. The molecule has 1 fully saturated rings. The topological polar surface area (TPSA) is 58.5 Å². The predicted molar refractivity (Wildman–Crippen MR) is 86.2 cm³/mol. The van der Waals surface area contributed by atoms with Crippen LogP contribution in [0.2, 0.25) is 0 Å². The van der Waals surface area contributed by atoms with Crippen molar-refractivity contribution in [3.8, 4) is 0 Å². The Morgan fingerprint density at radius 2 is 2.10 bits per heavy atom. The van der Waals surface area contributed by atoms with Gasteiger partial charge < -0.3 is 5.32 Å². The molecule has 0 amide bonds. The molecule has 1 aliphatic rings. The highest BCUT2D eigenvalue weighted by molar-refractivity contribution is 8.14. The normalized spacial score (nSPS) is 21.1. The minimum atomic E-state index is -2.92. The molecule has 0 aliphatic carbocycles. The van der Waals surface area contributed by atoms with E-state index < -0.39 is 9.84 Å². The summed E-state index contributed by atoms with van der Waals surface area (Å²) >= 11 is 1.67. The van der Waals surface area contributed by atoms with E-state index in [0.717, 1.165) is 17.3 Å². The third-order valence-corrected chi connectivity index (χ3v) is 5.94. The van der Waals surface area contributed by atoms with Gasteiger partial charge in [-0.3, -0.25) is 4.99 Å². The second kappa shape index (κ2) is 7.13. The molecule has 2 rings (SSSR count). The van der Waals surface area contributed by atoms with Crippen molar-refractivity contribution < 1.29 is 8.42 Å². The summed E-state index contributed by atoms with van der Waals surface area (Å²) in [5, 5.41) is 4.23. The van der Waals surface area contributed by atoms with Gasteiger partial charge in [-0.25, -0.2) is 8.42 Å². The van der Waals surface area contributed by atoms with Gasteiger partial charge >= 0.3 is 0 Å². The summed E-state index contributed by atoms with van der Waals surface area (Å²) in [6.07, 6.45) is 0.972. The van der Waals surface area contributed by atoms with Crippen LogP contribution in [0.3, 0.4) is 0 Å². The van der Waals surface area contributed by atoms with Crippen LogP contribution in [0.5, 0.6) is 0 Å². The summed E-state index contributed by atoms with van der Waals surface area (Å²) in [6, 6.07) is 10.7. The highest BCUT2D eigenvalue weighted by Crippen LogP contribution is 2.17. The van der Waals surface area contributed by atoms with Crippen LogP contribution < -0.4 is 5.32 Å². The monoisotopic (exact) mass is 312 g/mol. The molecule has 0 spiro atoms. The number of aliphatic imine (C=N–C) groups is 1. The molecule has 1 aromatic rings. The molecular formula is C14H20N2O2S2. The van der Waals surface area contributed by atoms with Crippen molar-refractivity contribution in [3.05, 3.63) is 35.9 Å². The molecule has 6 heteroatoms.